The summed E-state index contributed by atoms with van der Waals surface area (Å²) >= 11 is 0. The van der Waals surface area contributed by atoms with Gasteiger partial charge < -0.3 is 9.47 Å². The SMILES string of the molecule is CC(C)(C)OC(=O)OC1=CC=C([S+](C2=CC=CCC2)c2ccccc2)CC1. The Morgan fingerprint density at radius 2 is 1.70 bits per heavy atom. The van der Waals surface area contributed by atoms with Gasteiger partial charge in [0.05, 0.1) is 10.9 Å². The molecule has 142 valence electrons. The first-order valence-electron chi connectivity index (χ1n) is 9.38. The Hall–Kier alpha value is -2.20. The standard InChI is InChI=1S/C23H27O3S/c1-23(2,3)26-22(24)25-18-14-16-21(17-15-18)27(19-10-6-4-7-11-19)20-12-8-5-9-13-20/h4-8,10-12,14,16H,9,13,15,17H2,1-3H3/q+1. The minimum atomic E-state index is -0.632. The summed E-state index contributed by atoms with van der Waals surface area (Å²) in [5, 5.41) is 0. The quantitative estimate of drug-likeness (QED) is 0.445. The molecule has 1 atom stereocenters. The van der Waals surface area contributed by atoms with Crippen molar-refractivity contribution in [1.29, 1.82) is 0 Å². The molecule has 0 fully saturated rings. The monoisotopic (exact) mass is 383 g/mol. The van der Waals surface area contributed by atoms with Crippen LogP contribution in [0, 0.1) is 0 Å². The lowest BCUT2D eigenvalue weighted by atomic mass is 10.1. The molecule has 4 heteroatoms. The van der Waals surface area contributed by atoms with E-state index < -0.39 is 11.8 Å². The van der Waals surface area contributed by atoms with Crippen molar-refractivity contribution in [3.8, 4) is 0 Å². The molecule has 0 saturated heterocycles. The Morgan fingerprint density at radius 3 is 2.30 bits per heavy atom. The summed E-state index contributed by atoms with van der Waals surface area (Å²) in [6.07, 6.45) is 13.8. The van der Waals surface area contributed by atoms with E-state index in [9.17, 15) is 4.79 Å². The molecule has 0 aliphatic heterocycles. The smallest absolute Gasteiger partial charge is 0.428 e. The van der Waals surface area contributed by atoms with Crippen molar-refractivity contribution in [1.82, 2.24) is 0 Å². The molecule has 1 unspecified atom stereocenters. The zero-order valence-corrected chi connectivity index (χ0v) is 17.1. The summed E-state index contributed by atoms with van der Waals surface area (Å²) in [4.78, 5) is 16.1. The van der Waals surface area contributed by atoms with E-state index in [1.165, 1.54) is 14.7 Å². The second-order valence-electron chi connectivity index (χ2n) is 7.55. The summed E-state index contributed by atoms with van der Waals surface area (Å²) in [6, 6.07) is 10.7. The summed E-state index contributed by atoms with van der Waals surface area (Å²) < 4.78 is 10.6. The van der Waals surface area contributed by atoms with Gasteiger partial charge in [-0.25, -0.2) is 4.79 Å². The number of carbonyl (C=O) groups is 1. The van der Waals surface area contributed by atoms with Gasteiger partial charge in [-0.2, -0.15) is 0 Å². The van der Waals surface area contributed by atoms with Crippen LogP contribution in [-0.2, 0) is 20.4 Å². The van der Waals surface area contributed by atoms with Crippen LogP contribution in [0.3, 0.4) is 0 Å². The Morgan fingerprint density at radius 1 is 0.963 bits per heavy atom. The van der Waals surface area contributed by atoms with Crippen molar-refractivity contribution in [2.45, 2.75) is 57.0 Å². The molecule has 3 nitrogen and oxygen atoms in total. The lowest BCUT2D eigenvalue weighted by Crippen LogP contribution is -2.24. The highest BCUT2D eigenvalue weighted by Crippen LogP contribution is 2.37. The zero-order valence-electron chi connectivity index (χ0n) is 16.2. The fraction of sp³-hybridized carbons (Fsp3) is 0.348. The number of rotatable bonds is 4. The zero-order chi connectivity index (χ0) is 19.3. The van der Waals surface area contributed by atoms with E-state index in [1.54, 1.807) is 0 Å². The first-order chi connectivity index (χ1) is 12.9. The average Bonchev–Trinajstić information content (AvgIpc) is 2.64. The summed E-state index contributed by atoms with van der Waals surface area (Å²) in [5.74, 6) is 0.669. The van der Waals surface area contributed by atoms with Crippen LogP contribution in [0.1, 0.15) is 46.5 Å². The van der Waals surface area contributed by atoms with Gasteiger partial charge in [-0.05, 0) is 57.6 Å². The van der Waals surface area contributed by atoms with Crippen LogP contribution in [-0.4, -0.2) is 11.8 Å². The molecule has 1 aromatic carbocycles. The fourth-order valence-electron chi connectivity index (χ4n) is 3.01. The second kappa shape index (κ2) is 8.66. The van der Waals surface area contributed by atoms with E-state index in [2.05, 4.69) is 54.6 Å². The van der Waals surface area contributed by atoms with Gasteiger partial charge in [0.2, 0.25) is 0 Å². The molecule has 0 aromatic heterocycles. The van der Waals surface area contributed by atoms with E-state index in [1.807, 2.05) is 26.8 Å². The Labute approximate surface area is 164 Å². The van der Waals surface area contributed by atoms with Gasteiger partial charge in [-0.15, -0.1) is 0 Å². The van der Waals surface area contributed by atoms with Crippen molar-refractivity contribution in [3.63, 3.8) is 0 Å². The van der Waals surface area contributed by atoms with Gasteiger partial charge in [0.1, 0.15) is 21.2 Å². The van der Waals surface area contributed by atoms with Crippen molar-refractivity contribution in [3.05, 3.63) is 76.3 Å². The molecule has 0 spiro atoms. The predicted octanol–water partition coefficient (Wildman–Crippen LogP) is 6.41. The molecule has 1 aromatic rings. The molecular formula is C23H27O3S+. The molecule has 3 rings (SSSR count). The van der Waals surface area contributed by atoms with Crippen LogP contribution in [0.4, 0.5) is 4.79 Å². The fourth-order valence-corrected chi connectivity index (χ4v) is 5.43. The van der Waals surface area contributed by atoms with Crippen LogP contribution in [0.15, 0.2) is 81.2 Å². The van der Waals surface area contributed by atoms with Crippen LogP contribution >= 0.6 is 0 Å². The molecule has 0 bridgehead atoms. The third-order valence-electron chi connectivity index (χ3n) is 4.16. The number of benzene rings is 1. The highest BCUT2D eigenvalue weighted by atomic mass is 32.2. The molecule has 2 aliphatic rings. The summed E-state index contributed by atoms with van der Waals surface area (Å²) in [6.45, 7) is 5.50. The van der Waals surface area contributed by atoms with Gasteiger partial charge in [0, 0.05) is 19.3 Å². The summed E-state index contributed by atoms with van der Waals surface area (Å²) in [7, 11) is -0.0496. The normalized spacial score (nSPS) is 18.1. The Balaban J connectivity index is 1.79. The molecule has 0 amide bonds. The number of allylic oxidation sites excluding steroid dienone is 8. The van der Waals surface area contributed by atoms with Gasteiger partial charge in [-0.1, -0.05) is 30.4 Å². The van der Waals surface area contributed by atoms with Crippen molar-refractivity contribution >= 4 is 17.1 Å². The van der Waals surface area contributed by atoms with Crippen LogP contribution in [0.5, 0.6) is 0 Å². The minimum absolute atomic E-state index is 0.0496. The molecule has 27 heavy (non-hydrogen) atoms. The first kappa shape index (κ1) is 19.6. The number of hydrogen-bond donors (Lipinski definition) is 0. The third kappa shape index (κ3) is 5.64. The first-order valence-corrected chi connectivity index (χ1v) is 10.6. The highest BCUT2D eigenvalue weighted by Gasteiger charge is 2.34. The maximum absolute atomic E-state index is 11.9. The molecular weight excluding hydrogens is 356 g/mol. The third-order valence-corrected chi connectivity index (χ3v) is 6.63. The lowest BCUT2D eigenvalue weighted by molar-refractivity contribution is 0.00527. The lowest BCUT2D eigenvalue weighted by Gasteiger charge is -2.21. The topological polar surface area (TPSA) is 35.5 Å². The van der Waals surface area contributed by atoms with Crippen LogP contribution in [0.25, 0.3) is 0 Å². The van der Waals surface area contributed by atoms with Gasteiger partial charge in [0.25, 0.3) is 0 Å². The van der Waals surface area contributed by atoms with E-state index in [-0.39, 0.29) is 10.9 Å². The van der Waals surface area contributed by atoms with Gasteiger partial charge in [-0.3, -0.25) is 0 Å². The number of carbonyl (C=O) groups excluding carboxylic acids is 1. The molecule has 0 heterocycles. The predicted molar refractivity (Wildman–Crippen MR) is 111 cm³/mol. The van der Waals surface area contributed by atoms with E-state index in [4.69, 9.17) is 9.47 Å². The summed E-state index contributed by atoms with van der Waals surface area (Å²) in [5.41, 5.74) is -0.548. The molecule has 0 radical (unpaired) electrons. The van der Waals surface area contributed by atoms with E-state index >= 15 is 0 Å². The molecule has 2 aliphatic carbocycles. The molecule has 0 saturated carbocycles. The van der Waals surface area contributed by atoms with Crippen LogP contribution in [0.2, 0.25) is 0 Å². The van der Waals surface area contributed by atoms with Gasteiger partial charge in [0.15, 0.2) is 4.90 Å². The van der Waals surface area contributed by atoms with Gasteiger partial charge >= 0.3 is 6.16 Å². The van der Waals surface area contributed by atoms with Crippen molar-refractivity contribution < 1.29 is 14.3 Å². The Kier molecular flexibility index (Phi) is 6.27. The van der Waals surface area contributed by atoms with E-state index in [0.29, 0.717) is 12.2 Å². The second-order valence-corrected chi connectivity index (χ2v) is 9.68. The average molecular weight is 384 g/mol. The Bertz CT molecular complexity index is 795. The number of ether oxygens (including phenoxy) is 2. The number of hydrogen-bond acceptors (Lipinski definition) is 3. The maximum Gasteiger partial charge on any atom is 0.514 e. The minimum Gasteiger partial charge on any atom is -0.428 e. The van der Waals surface area contributed by atoms with Crippen molar-refractivity contribution in [2.24, 2.45) is 0 Å². The van der Waals surface area contributed by atoms with Crippen molar-refractivity contribution in [2.75, 3.05) is 0 Å². The largest absolute Gasteiger partial charge is 0.514 e. The van der Waals surface area contributed by atoms with Crippen LogP contribution < -0.4 is 0 Å². The highest BCUT2D eigenvalue weighted by molar-refractivity contribution is 8.04. The molecule has 0 N–H and O–H groups in total. The maximum atomic E-state index is 11.9. The van der Waals surface area contributed by atoms with E-state index in [0.717, 1.165) is 19.3 Å².